The van der Waals surface area contributed by atoms with Crippen molar-refractivity contribution in [3.8, 4) is 11.3 Å². The standard InChI is InChI=1S/C22H24F5N9/c1-12-29-16-3-2-15(31-20(16)35(12)10-17(23)24)14-6-9-36-18(14)19(28)32-21(33-36)30-13-4-7-34(8-5-13)11-22(25,26)27/h2-3,6,9,13,17H,4-5,7-8,10-11H2,1H3,(H3,28,30,32,33). The second kappa shape index (κ2) is 9.15. The highest BCUT2D eigenvalue weighted by molar-refractivity contribution is 5.88. The van der Waals surface area contributed by atoms with Crippen LogP contribution >= 0.6 is 0 Å². The normalized spacial score (nSPS) is 16.0. The number of aryl methyl sites for hydroxylation is 1. The van der Waals surface area contributed by atoms with E-state index in [4.69, 9.17) is 5.73 Å². The number of nitrogens with one attached hydrogen (secondary N) is 1. The molecule has 0 aliphatic carbocycles. The smallest absolute Gasteiger partial charge is 0.382 e. The Morgan fingerprint density at radius 3 is 2.56 bits per heavy atom. The van der Waals surface area contributed by atoms with Crippen LogP contribution in [0.4, 0.5) is 33.7 Å². The Bertz CT molecular complexity index is 1390. The van der Waals surface area contributed by atoms with Crippen LogP contribution in [0.3, 0.4) is 0 Å². The number of hydrogen-bond donors (Lipinski definition) is 2. The molecule has 1 saturated heterocycles. The van der Waals surface area contributed by atoms with Gasteiger partial charge in [0.05, 0.1) is 18.8 Å². The largest absolute Gasteiger partial charge is 0.401 e. The van der Waals surface area contributed by atoms with Crippen molar-refractivity contribution in [3.05, 3.63) is 30.2 Å². The van der Waals surface area contributed by atoms with E-state index < -0.39 is 25.7 Å². The summed E-state index contributed by atoms with van der Waals surface area (Å²) in [6.07, 6.45) is -4.04. The van der Waals surface area contributed by atoms with Gasteiger partial charge < -0.3 is 15.6 Å². The summed E-state index contributed by atoms with van der Waals surface area (Å²) in [5, 5.41) is 7.62. The van der Waals surface area contributed by atoms with E-state index in [1.807, 2.05) is 0 Å². The van der Waals surface area contributed by atoms with Crippen LogP contribution in [-0.2, 0) is 6.54 Å². The molecule has 4 aromatic rings. The van der Waals surface area contributed by atoms with Crippen LogP contribution in [0.5, 0.6) is 0 Å². The van der Waals surface area contributed by atoms with Crippen molar-refractivity contribution in [1.82, 2.24) is 34.0 Å². The molecule has 1 aliphatic rings. The number of rotatable bonds is 6. The van der Waals surface area contributed by atoms with Crippen molar-refractivity contribution in [2.45, 2.75) is 45.0 Å². The first-order valence-electron chi connectivity index (χ1n) is 11.4. The first-order valence-corrected chi connectivity index (χ1v) is 11.4. The molecule has 0 radical (unpaired) electrons. The quantitative estimate of drug-likeness (QED) is 0.382. The summed E-state index contributed by atoms with van der Waals surface area (Å²) < 4.78 is 66.9. The SMILES string of the molecule is Cc1nc2ccc(-c3ccn4nc(NC5CCN(CC(F)(F)F)CC5)nc(N)c34)nc2n1CC(F)F. The zero-order valence-electron chi connectivity index (χ0n) is 19.3. The molecule has 0 amide bonds. The number of nitrogens with two attached hydrogens (primary N) is 1. The zero-order valence-corrected chi connectivity index (χ0v) is 19.3. The molecule has 192 valence electrons. The van der Waals surface area contributed by atoms with Gasteiger partial charge in [-0.05, 0) is 38.0 Å². The Labute approximate surface area is 202 Å². The maximum absolute atomic E-state index is 13.1. The van der Waals surface area contributed by atoms with Gasteiger partial charge in [0.2, 0.25) is 5.95 Å². The fourth-order valence-electron chi connectivity index (χ4n) is 4.61. The van der Waals surface area contributed by atoms with Crippen LogP contribution in [0.15, 0.2) is 24.4 Å². The summed E-state index contributed by atoms with van der Waals surface area (Å²) in [6, 6.07) is 5.13. The van der Waals surface area contributed by atoms with E-state index in [1.165, 1.54) is 9.47 Å². The predicted octanol–water partition coefficient (Wildman–Crippen LogP) is 3.74. The van der Waals surface area contributed by atoms with E-state index in [-0.39, 0.29) is 17.8 Å². The second-order valence-corrected chi connectivity index (χ2v) is 8.85. The predicted molar refractivity (Wildman–Crippen MR) is 124 cm³/mol. The lowest BCUT2D eigenvalue weighted by Gasteiger charge is -2.32. The molecule has 1 fully saturated rings. The van der Waals surface area contributed by atoms with Crippen LogP contribution in [0.25, 0.3) is 27.9 Å². The molecule has 36 heavy (non-hydrogen) atoms. The fourth-order valence-corrected chi connectivity index (χ4v) is 4.61. The number of halogens is 5. The monoisotopic (exact) mass is 509 g/mol. The van der Waals surface area contributed by atoms with Crippen molar-refractivity contribution in [2.24, 2.45) is 0 Å². The first-order chi connectivity index (χ1) is 17.1. The maximum atomic E-state index is 13.1. The highest BCUT2D eigenvalue weighted by Gasteiger charge is 2.32. The number of likely N-dealkylation sites (tertiary alicyclic amines) is 1. The van der Waals surface area contributed by atoms with Crippen LogP contribution in [-0.4, -0.2) is 72.3 Å². The number of piperidine rings is 1. The summed E-state index contributed by atoms with van der Waals surface area (Å²) in [5.74, 6) is 0.895. The number of nitrogens with zero attached hydrogens (tertiary/aromatic N) is 7. The first kappa shape index (κ1) is 24.2. The molecule has 0 bridgehead atoms. The van der Waals surface area contributed by atoms with E-state index in [0.29, 0.717) is 59.7 Å². The summed E-state index contributed by atoms with van der Waals surface area (Å²) in [6.45, 7) is 0.864. The molecule has 5 heterocycles. The molecule has 0 aromatic carbocycles. The number of pyridine rings is 1. The van der Waals surface area contributed by atoms with E-state index in [9.17, 15) is 22.0 Å². The van der Waals surface area contributed by atoms with Gasteiger partial charge in [-0.2, -0.15) is 18.2 Å². The number of imidazole rings is 1. The van der Waals surface area contributed by atoms with Crippen LogP contribution in [0.2, 0.25) is 0 Å². The summed E-state index contributed by atoms with van der Waals surface area (Å²) in [5.41, 5.74) is 8.76. The van der Waals surface area contributed by atoms with Crippen molar-refractivity contribution in [1.29, 1.82) is 0 Å². The van der Waals surface area contributed by atoms with Gasteiger partial charge >= 0.3 is 6.18 Å². The molecule has 1 aliphatic heterocycles. The van der Waals surface area contributed by atoms with Crippen molar-refractivity contribution in [3.63, 3.8) is 0 Å². The van der Waals surface area contributed by atoms with Crippen LogP contribution in [0.1, 0.15) is 18.7 Å². The molecule has 0 saturated carbocycles. The van der Waals surface area contributed by atoms with E-state index in [2.05, 4.69) is 25.4 Å². The minimum absolute atomic E-state index is 0.0798. The molecule has 9 nitrogen and oxygen atoms in total. The average molecular weight is 509 g/mol. The lowest BCUT2D eigenvalue weighted by molar-refractivity contribution is -0.147. The van der Waals surface area contributed by atoms with Gasteiger partial charge in [0.25, 0.3) is 6.43 Å². The van der Waals surface area contributed by atoms with Crippen LogP contribution in [0, 0.1) is 6.92 Å². The molecule has 4 aromatic heterocycles. The summed E-state index contributed by atoms with van der Waals surface area (Å²) in [7, 11) is 0. The molecular formula is C22H24F5N9. The minimum Gasteiger partial charge on any atom is -0.382 e. The number of fused-ring (bicyclic) bond motifs is 2. The average Bonchev–Trinajstić information content (AvgIpc) is 3.35. The van der Waals surface area contributed by atoms with Gasteiger partial charge in [0.1, 0.15) is 16.9 Å². The Balaban J connectivity index is 1.38. The Hall–Kier alpha value is -3.55. The third-order valence-corrected chi connectivity index (χ3v) is 6.24. The molecule has 5 rings (SSSR count). The highest BCUT2D eigenvalue weighted by atomic mass is 19.4. The van der Waals surface area contributed by atoms with Crippen molar-refractivity contribution >= 4 is 28.4 Å². The Morgan fingerprint density at radius 1 is 1.11 bits per heavy atom. The van der Waals surface area contributed by atoms with Gasteiger partial charge in [0.15, 0.2) is 11.5 Å². The van der Waals surface area contributed by atoms with E-state index in [1.54, 1.807) is 35.8 Å². The van der Waals surface area contributed by atoms with Crippen LogP contribution < -0.4 is 11.1 Å². The molecule has 3 N–H and O–H groups in total. The van der Waals surface area contributed by atoms with Crippen molar-refractivity contribution in [2.75, 3.05) is 30.7 Å². The molecule has 0 unspecified atom stereocenters. The van der Waals surface area contributed by atoms with Gasteiger partial charge in [-0.25, -0.2) is 23.3 Å². The zero-order chi connectivity index (χ0) is 25.6. The fraction of sp³-hybridized carbons (Fsp3) is 0.455. The van der Waals surface area contributed by atoms with Gasteiger partial charge in [-0.15, -0.1) is 5.10 Å². The maximum Gasteiger partial charge on any atom is 0.401 e. The summed E-state index contributed by atoms with van der Waals surface area (Å²) in [4.78, 5) is 14.6. The molecule has 0 spiro atoms. The lowest BCUT2D eigenvalue weighted by Crippen LogP contribution is -2.43. The summed E-state index contributed by atoms with van der Waals surface area (Å²) >= 11 is 0. The number of aromatic nitrogens is 6. The number of alkyl halides is 5. The highest BCUT2D eigenvalue weighted by Crippen LogP contribution is 2.30. The van der Waals surface area contributed by atoms with Gasteiger partial charge in [0, 0.05) is 30.9 Å². The molecular weight excluding hydrogens is 485 g/mol. The second-order valence-electron chi connectivity index (χ2n) is 8.85. The van der Waals surface area contributed by atoms with Gasteiger partial charge in [-0.1, -0.05) is 0 Å². The van der Waals surface area contributed by atoms with E-state index >= 15 is 0 Å². The minimum atomic E-state index is -4.21. The Kier molecular flexibility index (Phi) is 6.14. The van der Waals surface area contributed by atoms with E-state index in [0.717, 1.165) is 0 Å². The third kappa shape index (κ3) is 4.90. The third-order valence-electron chi connectivity index (χ3n) is 6.24. The Morgan fingerprint density at radius 2 is 1.86 bits per heavy atom. The lowest BCUT2D eigenvalue weighted by atomic mass is 10.1. The number of nitrogen functional groups attached to an aromatic ring is 1. The number of hydrogen-bond acceptors (Lipinski definition) is 7. The molecule has 14 heteroatoms. The molecule has 0 atom stereocenters. The number of anilines is 2. The van der Waals surface area contributed by atoms with Gasteiger partial charge in [-0.3, -0.25) is 4.90 Å². The van der Waals surface area contributed by atoms with Crippen molar-refractivity contribution < 1.29 is 22.0 Å². The topological polar surface area (TPSA) is 102 Å².